The molecule has 0 unspecified atom stereocenters. The summed E-state index contributed by atoms with van der Waals surface area (Å²) in [6.45, 7) is 1.50. The standard InChI is InChI=1S/C9H11N3O2S2/c10-5-8-1-2-9(15-8)16(13,14)12-7-3-4-11-6-7/h1-2,7,11-12H,3-4,6H2/t7-/m0/s1. The third kappa shape index (κ3) is 2.41. The quantitative estimate of drug-likeness (QED) is 0.814. The summed E-state index contributed by atoms with van der Waals surface area (Å²) in [4.78, 5) is 0.407. The smallest absolute Gasteiger partial charge is 0.250 e. The molecule has 1 fully saturated rings. The van der Waals surface area contributed by atoms with E-state index in [1.165, 1.54) is 12.1 Å². The Hall–Kier alpha value is -0.940. The van der Waals surface area contributed by atoms with Gasteiger partial charge in [-0.15, -0.1) is 11.3 Å². The summed E-state index contributed by atoms with van der Waals surface area (Å²) in [7, 11) is -3.46. The van der Waals surface area contributed by atoms with Crippen molar-refractivity contribution >= 4 is 21.4 Å². The Morgan fingerprint density at radius 1 is 1.56 bits per heavy atom. The number of nitriles is 1. The number of hydrogen-bond donors (Lipinski definition) is 2. The molecule has 1 saturated heterocycles. The number of hydrogen-bond acceptors (Lipinski definition) is 5. The average Bonchev–Trinajstić information content (AvgIpc) is 2.85. The highest BCUT2D eigenvalue weighted by molar-refractivity contribution is 7.91. The van der Waals surface area contributed by atoms with E-state index in [1.807, 2.05) is 6.07 Å². The minimum atomic E-state index is -3.46. The summed E-state index contributed by atoms with van der Waals surface area (Å²) in [5.41, 5.74) is 0. The van der Waals surface area contributed by atoms with E-state index in [-0.39, 0.29) is 10.3 Å². The van der Waals surface area contributed by atoms with Crippen LogP contribution >= 0.6 is 11.3 Å². The summed E-state index contributed by atoms with van der Waals surface area (Å²) in [6, 6.07) is 4.87. The van der Waals surface area contributed by atoms with Crippen LogP contribution in [0.3, 0.4) is 0 Å². The maximum atomic E-state index is 11.9. The molecule has 7 heteroatoms. The third-order valence-electron chi connectivity index (χ3n) is 2.34. The van der Waals surface area contributed by atoms with Crippen LogP contribution in [0.4, 0.5) is 0 Å². The molecule has 86 valence electrons. The monoisotopic (exact) mass is 257 g/mol. The van der Waals surface area contributed by atoms with Crippen molar-refractivity contribution in [2.75, 3.05) is 13.1 Å². The van der Waals surface area contributed by atoms with Crippen molar-refractivity contribution in [1.29, 1.82) is 5.26 Å². The maximum Gasteiger partial charge on any atom is 0.250 e. The lowest BCUT2D eigenvalue weighted by molar-refractivity contribution is 0.562. The van der Waals surface area contributed by atoms with Crippen LogP contribution in [0.15, 0.2) is 16.3 Å². The molecule has 2 heterocycles. The molecule has 0 spiro atoms. The van der Waals surface area contributed by atoms with Crippen molar-refractivity contribution in [1.82, 2.24) is 10.0 Å². The van der Waals surface area contributed by atoms with Gasteiger partial charge in [0.15, 0.2) is 0 Å². The van der Waals surface area contributed by atoms with Crippen LogP contribution in [0.25, 0.3) is 0 Å². The number of thiophene rings is 1. The molecule has 5 nitrogen and oxygen atoms in total. The SMILES string of the molecule is N#Cc1ccc(S(=O)(=O)N[C@H]2CCNC2)s1. The Balaban J connectivity index is 2.15. The van der Waals surface area contributed by atoms with Crippen molar-refractivity contribution in [3.05, 3.63) is 17.0 Å². The highest BCUT2D eigenvalue weighted by atomic mass is 32.2. The zero-order valence-corrected chi connectivity index (χ0v) is 10.1. The van der Waals surface area contributed by atoms with Gasteiger partial charge in [-0.2, -0.15) is 5.26 Å². The first-order chi connectivity index (χ1) is 7.62. The zero-order chi connectivity index (χ0) is 11.6. The van der Waals surface area contributed by atoms with E-state index in [9.17, 15) is 8.42 Å². The molecule has 1 aromatic rings. The largest absolute Gasteiger partial charge is 0.315 e. The molecule has 2 rings (SSSR count). The number of rotatable bonds is 3. The van der Waals surface area contributed by atoms with E-state index in [1.54, 1.807) is 0 Å². The maximum absolute atomic E-state index is 11.9. The van der Waals surface area contributed by atoms with Crippen LogP contribution in [0, 0.1) is 11.3 Å². The second-order valence-electron chi connectivity index (χ2n) is 3.54. The lowest BCUT2D eigenvalue weighted by atomic mass is 10.3. The molecule has 16 heavy (non-hydrogen) atoms. The van der Waals surface area contributed by atoms with Gasteiger partial charge in [0.05, 0.1) is 0 Å². The van der Waals surface area contributed by atoms with E-state index in [2.05, 4.69) is 10.0 Å². The van der Waals surface area contributed by atoms with Crippen LogP contribution in [0.2, 0.25) is 0 Å². The number of nitrogens with one attached hydrogen (secondary N) is 2. The fourth-order valence-electron chi connectivity index (χ4n) is 1.56. The van der Waals surface area contributed by atoms with Crippen molar-refractivity contribution in [2.24, 2.45) is 0 Å². The van der Waals surface area contributed by atoms with Crippen molar-refractivity contribution in [3.63, 3.8) is 0 Å². The van der Waals surface area contributed by atoms with Crippen LogP contribution in [0.5, 0.6) is 0 Å². The van der Waals surface area contributed by atoms with Crippen LogP contribution in [-0.4, -0.2) is 27.5 Å². The van der Waals surface area contributed by atoms with Gasteiger partial charge in [-0.1, -0.05) is 0 Å². The molecule has 1 aromatic heterocycles. The minimum Gasteiger partial charge on any atom is -0.315 e. The molecule has 0 radical (unpaired) electrons. The predicted octanol–water partition coefficient (Wildman–Crippen LogP) is 0.260. The summed E-state index contributed by atoms with van der Waals surface area (Å²) < 4.78 is 26.6. The number of sulfonamides is 1. The molecule has 0 aromatic carbocycles. The highest BCUT2D eigenvalue weighted by Gasteiger charge is 2.23. The first-order valence-corrected chi connectivity index (χ1v) is 7.15. The Morgan fingerprint density at radius 3 is 2.94 bits per heavy atom. The summed E-state index contributed by atoms with van der Waals surface area (Å²) in [6.07, 6.45) is 0.801. The second-order valence-corrected chi connectivity index (χ2v) is 6.57. The van der Waals surface area contributed by atoms with Crippen molar-refractivity contribution in [3.8, 4) is 6.07 Å². The third-order valence-corrected chi connectivity index (χ3v) is 5.34. The first-order valence-electron chi connectivity index (χ1n) is 4.85. The normalized spacial score (nSPS) is 20.8. The van der Waals surface area contributed by atoms with Crippen LogP contribution in [0.1, 0.15) is 11.3 Å². The molecule has 0 saturated carbocycles. The van der Waals surface area contributed by atoms with Gasteiger partial charge < -0.3 is 5.32 Å². The van der Waals surface area contributed by atoms with Crippen LogP contribution < -0.4 is 10.0 Å². The Bertz CT molecular complexity index is 509. The fourth-order valence-corrected chi connectivity index (χ4v) is 3.95. The Kier molecular flexibility index (Phi) is 3.25. The molecule has 1 aliphatic heterocycles. The van der Waals surface area contributed by atoms with E-state index < -0.39 is 10.0 Å². The van der Waals surface area contributed by atoms with Crippen molar-refractivity contribution < 1.29 is 8.42 Å². The lowest BCUT2D eigenvalue weighted by Gasteiger charge is -2.09. The summed E-state index contributed by atoms with van der Waals surface area (Å²) in [5.74, 6) is 0. The lowest BCUT2D eigenvalue weighted by Crippen LogP contribution is -2.35. The van der Waals surface area contributed by atoms with Gasteiger partial charge in [0, 0.05) is 12.6 Å². The predicted molar refractivity (Wildman–Crippen MR) is 60.6 cm³/mol. The summed E-state index contributed by atoms with van der Waals surface area (Å²) in [5, 5.41) is 11.7. The van der Waals surface area contributed by atoms with Gasteiger partial charge in [-0.3, -0.25) is 0 Å². The topological polar surface area (TPSA) is 82.0 Å². The Labute approximate surface area is 98.1 Å². The summed E-state index contributed by atoms with van der Waals surface area (Å²) >= 11 is 0.991. The molecule has 0 bridgehead atoms. The van der Waals surface area contributed by atoms with Gasteiger partial charge in [-0.25, -0.2) is 13.1 Å². The molecule has 1 atom stereocenters. The Morgan fingerprint density at radius 2 is 2.38 bits per heavy atom. The van der Waals surface area contributed by atoms with Crippen molar-refractivity contribution in [2.45, 2.75) is 16.7 Å². The van der Waals surface area contributed by atoms with E-state index in [0.717, 1.165) is 24.3 Å². The molecule has 0 amide bonds. The van der Waals surface area contributed by atoms with Gasteiger partial charge >= 0.3 is 0 Å². The molecular weight excluding hydrogens is 246 g/mol. The van der Waals surface area contributed by atoms with E-state index in [0.29, 0.717) is 11.4 Å². The van der Waals surface area contributed by atoms with Gasteiger partial charge in [0.1, 0.15) is 15.2 Å². The van der Waals surface area contributed by atoms with Crippen LogP contribution in [-0.2, 0) is 10.0 Å². The first kappa shape index (κ1) is 11.5. The molecule has 1 aliphatic rings. The second kappa shape index (κ2) is 4.51. The zero-order valence-electron chi connectivity index (χ0n) is 8.43. The number of nitrogens with zero attached hydrogens (tertiary/aromatic N) is 1. The molecule has 2 N–H and O–H groups in total. The molecular formula is C9H11N3O2S2. The van der Waals surface area contributed by atoms with E-state index in [4.69, 9.17) is 5.26 Å². The van der Waals surface area contributed by atoms with Gasteiger partial charge in [0.25, 0.3) is 0 Å². The minimum absolute atomic E-state index is 0.0439. The van der Waals surface area contributed by atoms with Gasteiger partial charge in [-0.05, 0) is 25.1 Å². The molecule has 0 aliphatic carbocycles. The fraction of sp³-hybridized carbons (Fsp3) is 0.444. The average molecular weight is 257 g/mol. The van der Waals surface area contributed by atoms with E-state index >= 15 is 0 Å². The van der Waals surface area contributed by atoms with Gasteiger partial charge in [0.2, 0.25) is 10.0 Å². The highest BCUT2D eigenvalue weighted by Crippen LogP contribution is 2.21.